The highest BCUT2D eigenvalue weighted by molar-refractivity contribution is 6.30. The Bertz CT molecular complexity index is 662. The summed E-state index contributed by atoms with van der Waals surface area (Å²) < 4.78 is 5.36. The van der Waals surface area contributed by atoms with E-state index in [2.05, 4.69) is 15.3 Å². The molecule has 1 aromatic heterocycles. The molecule has 0 aliphatic heterocycles. The van der Waals surface area contributed by atoms with Crippen LogP contribution in [-0.2, 0) is 6.54 Å². The molecule has 7 nitrogen and oxygen atoms in total. The number of ether oxygens (including phenoxy) is 1. The van der Waals surface area contributed by atoms with Gasteiger partial charge in [0.1, 0.15) is 6.33 Å². The van der Waals surface area contributed by atoms with Crippen LogP contribution in [0.1, 0.15) is 19.4 Å². The number of hydrogen-bond acceptors (Lipinski definition) is 6. The molecular formula is C14H15ClN4O3. The largest absolute Gasteiger partial charge is 0.470 e. The van der Waals surface area contributed by atoms with Gasteiger partial charge in [-0.25, -0.2) is 4.98 Å². The van der Waals surface area contributed by atoms with E-state index >= 15 is 0 Å². The average Bonchev–Trinajstić information content (AvgIpc) is 2.45. The molecule has 2 rings (SSSR count). The first kappa shape index (κ1) is 16.0. The molecule has 1 heterocycles. The Labute approximate surface area is 132 Å². The molecule has 1 aromatic carbocycles. The Morgan fingerprint density at radius 2 is 2.00 bits per heavy atom. The molecule has 0 saturated carbocycles. The van der Waals surface area contributed by atoms with Gasteiger partial charge in [-0.1, -0.05) is 23.7 Å². The minimum Gasteiger partial charge on any atom is -0.470 e. The van der Waals surface area contributed by atoms with Crippen LogP contribution in [0.4, 0.5) is 11.5 Å². The fourth-order valence-corrected chi connectivity index (χ4v) is 1.88. The summed E-state index contributed by atoms with van der Waals surface area (Å²) >= 11 is 5.82. The van der Waals surface area contributed by atoms with Crippen LogP contribution < -0.4 is 10.1 Å². The molecule has 0 aliphatic carbocycles. The second-order valence-corrected chi connectivity index (χ2v) is 5.22. The number of halogens is 1. The van der Waals surface area contributed by atoms with Crippen molar-refractivity contribution in [2.45, 2.75) is 26.5 Å². The molecule has 0 aliphatic rings. The number of aromatic nitrogens is 2. The van der Waals surface area contributed by atoms with E-state index in [-0.39, 0.29) is 23.5 Å². The van der Waals surface area contributed by atoms with E-state index in [0.29, 0.717) is 11.6 Å². The number of nitro groups is 1. The van der Waals surface area contributed by atoms with Gasteiger partial charge >= 0.3 is 5.69 Å². The first-order chi connectivity index (χ1) is 10.5. The molecule has 0 spiro atoms. The van der Waals surface area contributed by atoms with Crippen LogP contribution >= 0.6 is 11.6 Å². The van der Waals surface area contributed by atoms with E-state index in [1.54, 1.807) is 26.0 Å². The van der Waals surface area contributed by atoms with Crippen molar-refractivity contribution in [1.29, 1.82) is 0 Å². The molecule has 0 unspecified atom stereocenters. The van der Waals surface area contributed by atoms with Crippen LogP contribution in [-0.4, -0.2) is 21.0 Å². The van der Waals surface area contributed by atoms with E-state index < -0.39 is 4.92 Å². The van der Waals surface area contributed by atoms with Gasteiger partial charge in [0.05, 0.1) is 11.0 Å². The Morgan fingerprint density at radius 3 is 2.59 bits per heavy atom. The lowest BCUT2D eigenvalue weighted by atomic mass is 10.2. The van der Waals surface area contributed by atoms with Gasteiger partial charge in [0.2, 0.25) is 5.82 Å². The SMILES string of the molecule is CC(C)Oc1ncnc(NCc2ccc(Cl)cc2)c1[N+](=O)[O-]. The van der Waals surface area contributed by atoms with Gasteiger partial charge < -0.3 is 10.1 Å². The normalized spacial score (nSPS) is 10.5. The zero-order valence-corrected chi connectivity index (χ0v) is 12.9. The molecule has 1 N–H and O–H groups in total. The van der Waals surface area contributed by atoms with Crippen molar-refractivity contribution in [3.63, 3.8) is 0 Å². The van der Waals surface area contributed by atoms with Gasteiger partial charge in [-0.3, -0.25) is 10.1 Å². The summed E-state index contributed by atoms with van der Waals surface area (Å²) in [5, 5.41) is 14.8. The molecule has 2 aromatic rings. The van der Waals surface area contributed by atoms with E-state index in [9.17, 15) is 10.1 Å². The van der Waals surface area contributed by atoms with Crippen LogP contribution in [0.25, 0.3) is 0 Å². The van der Waals surface area contributed by atoms with Gasteiger partial charge in [0.25, 0.3) is 5.88 Å². The predicted molar refractivity (Wildman–Crippen MR) is 83.2 cm³/mol. The third-order valence-corrected chi connectivity index (χ3v) is 2.94. The summed E-state index contributed by atoms with van der Waals surface area (Å²) in [5.74, 6) is 0.0687. The first-order valence-corrected chi connectivity index (χ1v) is 6.99. The average molecular weight is 323 g/mol. The highest BCUT2D eigenvalue weighted by atomic mass is 35.5. The lowest BCUT2D eigenvalue weighted by Gasteiger charge is -2.11. The predicted octanol–water partition coefficient (Wildman–Crippen LogP) is 3.44. The molecule has 0 saturated heterocycles. The number of benzene rings is 1. The maximum absolute atomic E-state index is 11.3. The number of hydrogen-bond donors (Lipinski definition) is 1. The van der Waals surface area contributed by atoms with Crippen molar-refractivity contribution < 1.29 is 9.66 Å². The highest BCUT2D eigenvalue weighted by Gasteiger charge is 2.24. The smallest absolute Gasteiger partial charge is 0.372 e. The summed E-state index contributed by atoms with van der Waals surface area (Å²) in [4.78, 5) is 18.5. The van der Waals surface area contributed by atoms with Crippen LogP contribution in [0.5, 0.6) is 5.88 Å². The lowest BCUT2D eigenvalue weighted by molar-refractivity contribution is -0.385. The standard InChI is InChI=1S/C14H15ClN4O3/c1-9(2)22-14-12(19(20)21)13(17-8-18-14)16-7-10-3-5-11(15)6-4-10/h3-6,8-9H,7H2,1-2H3,(H,16,17,18). The number of nitrogens with zero attached hydrogens (tertiary/aromatic N) is 3. The number of rotatable bonds is 6. The minimum absolute atomic E-state index is 0.0476. The van der Waals surface area contributed by atoms with Crippen molar-refractivity contribution in [3.8, 4) is 5.88 Å². The Hall–Kier alpha value is -2.41. The summed E-state index contributed by atoms with van der Waals surface area (Å²) in [6.07, 6.45) is 1.01. The molecule has 0 fully saturated rings. The van der Waals surface area contributed by atoms with Crippen LogP contribution in [0, 0.1) is 10.1 Å². The van der Waals surface area contributed by atoms with Crippen LogP contribution in [0.15, 0.2) is 30.6 Å². The van der Waals surface area contributed by atoms with Crippen molar-refractivity contribution in [3.05, 3.63) is 51.3 Å². The van der Waals surface area contributed by atoms with E-state index in [1.165, 1.54) is 6.33 Å². The summed E-state index contributed by atoms with van der Waals surface area (Å²) in [5.41, 5.74) is 0.647. The second kappa shape index (κ2) is 7.04. The molecule has 0 bridgehead atoms. The number of nitrogens with one attached hydrogen (secondary N) is 1. The molecule has 8 heteroatoms. The van der Waals surface area contributed by atoms with E-state index in [0.717, 1.165) is 5.56 Å². The maximum atomic E-state index is 11.3. The fourth-order valence-electron chi connectivity index (χ4n) is 1.75. The van der Waals surface area contributed by atoms with Gasteiger partial charge in [-0.05, 0) is 31.5 Å². The van der Waals surface area contributed by atoms with E-state index in [1.807, 2.05) is 12.1 Å². The van der Waals surface area contributed by atoms with Gasteiger partial charge in [0, 0.05) is 11.6 Å². The molecule has 116 valence electrons. The Morgan fingerprint density at radius 1 is 1.32 bits per heavy atom. The molecule has 0 atom stereocenters. The lowest BCUT2D eigenvalue weighted by Crippen LogP contribution is -2.12. The second-order valence-electron chi connectivity index (χ2n) is 4.78. The number of anilines is 1. The van der Waals surface area contributed by atoms with Crippen LogP contribution in [0.2, 0.25) is 5.02 Å². The van der Waals surface area contributed by atoms with Gasteiger partial charge in [0.15, 0.2) is 0 Å². The third kappa shape index (κ3) is 4.05. The fraction of sp³-hybridized carbons (Fsp3) is 0.286. The zero-order chi connectivity index (χ0) is 16.1. The molecule has 0 amide bonds. The monoisotopic (exact) mass is 322 g/mol. The Kier molecular flexibility index (Phi) is 5.11. The highest BCUT2D eigenvalue weighted by Crippen LogP contribution is 2.31. The molecular weight excluding hydrogens is 308 g/mol. The van der Waals surface area contributed by atoms with Crippen molar-refractivity contribution in [2.75, 3.05) is 5.32 Å². The quantitative estimate of drug-likeness (QED) is 0.647. The van der Waals surface area contributed by atoms with Crippen LogP contribution in [0.3, 0.4) is 0 Å². The van der Waals surface area contributed by atoms with Gasteiger partial charge in [-0.15, -0.1) is 0 Å². The third-order valence-electron chi connectivity index (χ3n) is 2.69. The summed E-state index contributed by atoms with van der Waals surface area (Å²) in [7, 11) is 0. The topological polar surface area (TPSA) is 90.2 Å². The minimum atomic E-state index is -0.554. The molecule has 22 heavy (non-hydrogen) atoms. The van der Waals surface area contributed by atoms with Crippen molar-refractivity contribution in [2.24, 2.45) is 0 Å². The summed E-state index contributed by atoms with van der Waals surface area (Å²) in [6.45, 7) is 3.91. The van der Waals surface area contributed by atoms with E-state index in [4.69, 9.17) is 16.3 Å². The first-order valence-electron chi connectivity index (χ1n) is 6.61. The van der Waals surface area contributed by atoms with Crippen molar-refractivity contribution in [1.82, 2.24) is 9.97 Å². The Balaban J connectivity index is 2.22. The molecule has 0 radical (unpaired) electrons. The zero-order valence-electron chi connectivity index (χ0n) is 12.1. The maximum Gasteiger partial charge on any atom is 0.372 e. The van der Waals surface area contributed by atoms with Crippen molar-refractivity contribution >= 4 is 23.1 Å². The summed E-state index contributed by atoms with van der Waals surface area (Å²) in [6, 6.07) is 7.16. The van der Waals surface area contributed by atoms with Gasteiger partial charge in [-0.2, -0.15) is 4.98 Å².